The summed E-state index contributed by atoms with van der Waals surface area (Å²) in [6.45, 7) is 8.13. The lowest BCUT2D eigenvalue weighted by atomic mass is 10.3. The Bertz CT molecular complexity index is 166. The van der Waals surface area contributed by atoms with Gasteiger partial charge < -0.3 is 5.11 Å². The molecule has 0 saturated heterocycles. The van der Waals surface area contributed by atoms with Gasteiger partial charge in [0.2, 0.25) is 0 Å². The average Bonchev–Trinajstić information content (AvgIpc) is 2.06. The fraction of sp³-hybridized carbons (Fsp3) is 0.600. The van der Waals surface area contributed by atoms with Gasteiger partial charge >= 0.3 is 0 Å². The molecule has 0 aliphatic carbocycles. The Morgan fingerprint density at radius 1 is 1.50 bits per heavy atom. The number of aliphatic hydroxyl groups excluding tert-OH is 1. The summed E-state index contributed by atoms with van der Waals surface area (Å²) in [5.74, 6) is 5.83. The van der Waals surface area contributed by atoms with Gasteiger partial charge in [-0.15, -0.1) is 18.4 Å². The highest BCUT2D eigenvalue weighted by Crippen LogP contribution is 1.90. The molecule has 0 saturated carbocycles. The minimum Gasteiger partial charge on any atom is -0.395 e. The van der Waals surface area contributed by atoms with Crippen molar-refractivity contribution in [3.8, 4) is 11.8 Å². The van der Waals surface area contributed by atoms with Crippen LogP contribution in [0.2, 0.25) is 0 Å². The third-order valence-corrected chi connectivity index (χ3v) is 1.53. The van der Waals surface area contributed by atoms with E-state index < -0.39 is 0 Å². The monoisotopic (exact) mass is 167 g/mol. The zero-order valence-corrected chi connectivity index (χ0v) is 7.71. The fourth-order valence-electron chi connectivity index (χ4n) is 0.957. The maximum absolute atomic E-state index is 8.71. The molecule has 2 heteroatoms. The number of rotatable bonds is 6. The standard InChI is InChI=1S/C10H17NO/c1-3-5-6-8-11(7-4-2)9-10-12/h4,12H,2,6-10H2,1H3. The third-order valence-electron chi connectivity index (χ3n) is 1.53. The van der Waals surface area contributed by atoms with E-state index in [1.165, 1.54) is 0 Å². The van der Waals surface area contributed by atoms with Crippen LogP contribution in [0.4, 0.5) is 0 Å². The summed E-state index contributed by atoms with van der Waals surface area (Å²) in [5.41, 5.74) is 0. The molecule has 0 aliphatic rings. The van der Waals surface area contributed by atoms with E-state index in [-0.39, 0.29) is 6.61 Å². The third kappa shape index (κ3) is 5.96. The second kappa shape index (κ2) is 8.32. The van der Waals surface area contributed by atoms with Crippen molar-refractivity contribution in [3.05, 3.63) is 12.7 Å². The lowest BCUT2D eigenvalue weighted by Crippen LogP contribution is -2.27. The van der Waals surface area contributed by atoms with E-state index in [1.54, 1.807) is 0 Å². The first-order chi connectivity index (χ1) is 5.85. The van der Waals surface area contributed by atoms with Gasteiger partial charge in [-0.3, -0.25) is 4.90 Å². The Morgan fingerprint density at radius 2 is 2.25 bits per heavy atom. The van der Waals surface area contributed by atoms with Crippen molar-refractivity contribution in [3.63, 3.8) is 0 Å². The minimum atomic E-state index is 0.202. The highest BCUT2D eigenvalue weighted by molar-refractivity contribution is 4.95. The molecule has 0 amide bonds. The predicted octanol–water partition coefficient (Wildman–Crippen LogP) is 0.880. The topological polar surface area (TPSA) is 23.5 Å². The molecule has 68 valence electrons. The first-order valence-corrected chi connectivity index (χ1v) is 4.18. The molecule has 0 fully saturated rings. The van der Waals surface area contributed by atoms with Gasteiger partial charge in [0, 0.05) is 26.1 Å². The quantitative estimate of drug-likeness (QED) is 0.469. The SMILES string of the molecule is C=CCN(CCO)CCC#CC. The van der Waals surface area contributed by atoms with Crippen molar-refractivity contribution >= 4 is 0 Å². The van der Waals surface area contributed by atoms with Crippen molar-refractivity contribution in [2.75, 3.05) is 26.2 Å². The van der Waals surface area contributed by atoms with Gasteiger partial charge in [0.05, 0.1) is 6.61 Å². The maximum Gasteiger partial charge on any atom is 0.0558 e. The molecule has 0 heterocycles. The van der Waals surface area contributed by atoms with Crippen LogP contribution in [0.15, 0.2) is 12.7 Å². The molecular formula is C10H17NO. The Labute approximate surface area is 74.9 Å². The van der Waals surface area contributed by atoms with E-state index >= 15 is 0 Å². The van der Waals surface area contributed by atoms with Crippen LogP contribution in [0.5, 0.6) is 0 Å². The minimum absolute atomic E-state index is 0.202. The van der Waals surface area contributed by atoms with Crippen molar-refractivity contribution < 1.29 is 5.11 Å². The lowest BCUT2D eigenvalue weighted by Gasteiger charge is -2.17. The van der Waals surface area contributed by atoms with Gasteiger partial charge in [-0.2, -0.15) is 0 Å². The van der Waals surface area contributed by atoms with Gasteiger partial charge in [-0.25, -0.2) is 0 Å². The van der Waals surface area contributed by atoms with Crippen LogP contribution in [-0.4, -0.2) is 36.2 Å². The van der Waals surface area contributed by atoms with Gasteiger partial charge in [0.25, 0.3) is 0 Å². The molecule has 0 aromatic heterocycles. The zero-order chi connectivity index (χ0) is 9.23. The van der Waals surface area contributed by atoms with E-state index in [9.17, 15) is 0 Å². The summed E-state index contributed by atoms with van der Waals surface area (Å²) in [7, 11) is 0. The highest BCUT2D eigenvalue weighted by atomic mass is 16.3. The summed E-state index contributed by atoms with van der Waals surface area (Å²) in [6.07, 6.45) is 2.71. The van der Waals surface area contributed by atoms with E-state index in [0.29, 0.717) is 6.54 Å². The summed E-state index contributed by atoms with van der Waals surface area (Å²) in [5, 5.41) is 8.71. The molecule has 0 atom stereocenters. The van der Waals surface area contributed by atoms with E-state index in [1.807, 2.05) is 13.0 Å². The summed E-state index contributed by atoms with van der Waals surface area (Å²) >= 11 is 0. The van der Waals surface area contributed by atoms with Crippen LogP contribution in [-0.2, 0) is 0 Å². The Hall–Kier alpha value is -0.780. The molecule has 0 aromatic carbocycles. The molecule has 0 rings (SSSR count). The average molecular weight is 167 g/mol. The first-order valence-electron chi connectivity index (χ1n) is 4.18. The molecular weight excluding hydrogens is 150 g/mol. The number of hydrogen-bond acceptors (Lipinski definition) is 2. The molecule has 0 bridgehead atoms. The number of aliphatic hydroxyl groups is 1. The van der Waals surface area contributed by atoms with Crippen molar-refractivity contribution in [1.29, 1.82) is 0 Å². The lowest BCUT2D eigenvalue weighted by molar-refractivity contribution is 0.211. The van der Waals surface area contributed by atoms with Crippen LogP contribution in [0.3, 0.4) is 0 Å². The molecule has 0 aromatic rings. The second-order valence-corrected chi connectivity index (χ2v) is 2.49. The summed E-state index contributed by atoms with van der Waals surface area (Å²) < 4.78 is 0. The van der Waals surface area contributed by atoms with Gasteiger partial charge in [-0.05, 0) is 6.92 Å². The molecule has 1 N–H and O–H groups in total. The second-order valence-electron chi connectivity index (χ2n) is 2.49. The number of hydrogen-bond donors (Lipinski definition) is 1. The van der Waals surface area contributed by atoms with Crippen molar-refractivity contribution in [1.82, 2.24) is 4.90 Å². The smallest absolute Gasteiger partial charge is 0.0558 e. The van der Waals surface area contributed by atoms with Crippen LogP contribution >= 0.6 is 0 Å². The highest BCUT2D eigenvalue weighted by Gasteiger charge is 1.98. The van der Waals surface area contributed by atoms with Crippen molar-refractivity contribution in [2.24, 2.45) is 0 Å². The Morgan fingerprint density at radius 3 is 2.75 bits per heavy atom. The van der Waals surface area contributed by atoms with Crippen LogP contribution in [0, 0.1) is 11.8 Å². The van der Waals surface area contributed by atoms with E-state index in [0.717, 1.165) is 19.5 Å². The molecule has 0 aliphatic heterocycles. The van der Waals surface area contributed by atoms with Crippen LogP contribution in [0.1, 0.15) is 13.3 Å². The van der Waals surface area contributed by atoms with Gasteiger partial charge in [0.15, 0.2) is 0 Å². The van der Waals surface area contributed by atoms with Crippen LogP contribution in [0.25, 0.3) is 0 Å². The Balaban J connectivity index is 3.59. The molecule has 0 spiro atoms. The molecule has 0 unspecified atom stereocenters. The van der Waals surface area contributed by atoms with Gasteiger partial charge in [-0.1, -0.05) is 6.08 Å². The first kappa shape index (κ1) is 11.2. The van der Waals surface area contributed by atoms with Gasteiger partial charge in [0.1, 0.15) is 0 Å². The summed E-state index contributed by atoms with van der Waals surface area (Å²) in [4.78, 5) is 2.12. The van der Waals surface area contributed by atoms with E-state index in [2.05, 4.69) is 23.3 Å². The fourth-order valence-corrected chi connectivity index (χ4v) is 0.957. The maximum atomic E-state index is 8.71. The van der Waals surface area contributed by atoms with Crippen molar-refractivity contribution in [2.45, 2.75) is 13.3 Å². The van der Waals surface area contributed by atoms with Crippen LogP contribution < -0.4 is 0 Å². The zero-order valence-electron chi connectivity index (χ0n) is 7.71. The molecule has 0 radical (unpaired) electrons. The number of nitrogens with zero attached hydrogens (tertiary/aromatic N) is 1. The predicted molar refractivity (Wildman–Crippen MR) is 51.8 cm³/mol. The molecule has 2 nitrogen and oxygen atoms in total. The summed E-state index contributed by atoms with van der Waals surface area (Å²) in [6, 6.07) is 0. The molecule has 12 heavy (non-hydrogen) atoms. The normalized spacial score (nSPS) is 9.25. The Kier molecular flexibility index (Phi) is 7.78. The van der Waals surface area contributed by atoms with E-state index in [4.69, 9.17) is 5.11 Å². The largest absolute Gasteiger partial charge is 0.395 e.